The molecule has 0 aliphatic rings. The molecule has 0 bridgehead atoms. The van der Waals surface area contributed by atoms with E-state index in [1.165, 1.54) is 84.9 Å². The smallest absolute Gasteiger partial charge is 0.255 e. The van der Waals surface area contributed by atoms with Crippen molar-refractivity contribution in [1.29, 1.82) is 0 Å². The Morgan fingerprint density at radius 2 is 0.818 bits per heavy atom. The van der Waals surface area contributed by atoms with E-state index in [2.05, 4.69) is 10.6 Å². The number of carbonyl (C=O) groups excluding carboxylic acids is 2. The van der Waals surface area contributed by atoms with E-state index in [0.29, 0.717) is 0 Å². The lowest BCUT2D eigenvalue weighted by molar-refractivity contribution is 0.101. The molecular weight excluding hydrogens is 590 g/mol. The van der Waals surface area contributed by atoms with Crippen LogP contribution in [0.3, 0.4) is 0 Å². The van der Waals surface area contributed by atoms with Crippen molar-refractivity contribution in [2.75, 3.05) is 10.6 Å². The Morgan fingerprint density at radius 1 is 0.477 bits per heavy atom. The van der Waals surface area contributed by atoms with Crippen LogP contribution in [-0.2, 0) is 0 Å². The lowest BCUT2D eigenvalue weighted by Crippen LogP contribution is -2.12. The van der Waals surface area contributed by atoms with E-state index in [9.17, 15) is 35.9 Å². The molecule has 5 aromatic carbocycles. The maximum atomic E-state index is 14.8. The molecule has 12 heteroatoms. The zero-order valence-electron chi connectivity index (χ0n) is 22.1. The van der Waals surface area contributed by atoms with Gasteiger partial charge in [0, 0.05) is 22.5 Å². The molecule has 44 heavy (non-hydrogen) atoms. The van der Waals surface area contributed by atoms with Crippen LogP contribution in [0.4, 0.5) is 37.7 Å². The predicted octanol–water partition coefficient (Wildman–Crippen LogP) is 8.61. The lowest BCUT2D eigenvalue weighted by Gasteiger charge is -2.14. The number of ether oxygens (including phenoxy) is 2. The first kappa shape index (κ1) is 29.7. The number of carbonyl (C=O) groups is 2. The van der Waals surface area contributed by atoms with Gasteiger partial charge in [0.1, 0.15) is 23.1 Å². The van der Waals surface area contributed by atoms with E-state index < -0.39 is 58.2 Å². The van der Waals surface area contributed by atoms with Gasteiger partial charge in [0.25, 0.3) is 11.8 Å². The largest absolute Gasteiger partial charge is 0.451 e. The summed E-state index contributed by atoms with van der Waals surface area (Å²) in [5, 5.41) is 4.98. The summed E-state index contributed by atoms with van der Waals surface area (Å²) >= 11 is 0. The molecule has 5 aromatic rings. The van der Waals surface area contributed by atoms with Crippen LogP contribution in [-0.4, -0.2) is 11.8 Å². The number of amides is 2. The highest BCUT2D eigenvalue weighted by atomic mass is 19.2. The van der Waals surface area contributed by atoms with Gasteiger partial charge in [0.05, 0.1) is 0 Å². The minimum atomic E-state index is -1.87. The zero-order chi connectivity index (χ0) is 31.4. The number of nitrogens with one attached hydrogen (secondary N) is 2. The molecule has 0 fully saturated rings. The van der Waals surface area contributed by atoms with Crippen LogP contribution >= 0.6 is 0 Å². The third kappa shape index (κ3) is 6.65. The third-order valence-electron chi connectivity index (χ3n) is 6.02. The highest BCUT2D eigenvalue weighted by molar-refractivity contribution is 6.04. The number of hydrogen-bond donors (Lipinski definition) is 2. The number of rotatable bonds is 8. The second-order valence-corrected chi connectivity index (χ2v) is 9.10. The molecule has 5 rings (SSSR count). The molecule has 0 radical (unpaired) electrons. The maximum absolute atomic E-state index is 14.8. The fourth-order valence-electron chi connectivity index (χ4n) is 3.88. The lowest BCUT2D eigenvalue weighted by atomic mass is 10.2. The van der Waals surface area contributed by atoms with Gasteiger partial charge in [-0.1, -0.05) is 12.1 Å². The maximum Gasteiger partial charge on any atom is 0.255 e. The Morgan fingerprint density at radius 3 is 1.14 bits per heavy atom. The first-order valence-electron chi connectivity index (χ1n) is 12.6. The van der Waals surface area contributed by atoms with Gasteiger partial charge in [0.15, 0.2) is 0 Å². The van der Waals surface area contributed by atoms with Crippen LogP contribution < -0.4 is 20.1 Å². The second-order valence-electron chi connectivity index (χ2n) is 9.10. The molecule has 0 unspecified atom stereocenters. The Hall–Kier alpha value is -5.78. The van der Waals surface area contributed by atoms with E-state index in [1.54, 1.807) is 0 Å². The van der Waals surface area contributed by atoms with E-state index in [0.717, 1.165) is 12.1 Å². The van der Waals surface area contributed by atoms with E-state index >= 15 is 0 Å². The van der Waals surface area contributed by atoms with Crippen LogP contribution in [0.25, 0.3) is 0 Å². The van der Waals surface area contributed by atoms with Crippen molar-refractivity contribution in [2.24, 2.45) is 0 Å². The summed E-state index contributed by atoms with van der Waals surface area (Å²) < 4.78 is 96.1. The predicted molar refractivity (Wildman–Crippen MR) is 148 cm³/mol. The van der Waals surface area contributed by atoms with Gasteiger partial charge in [-0.05, 0) is 84.9 Å². The minimum Gasteiger partial charge on any atom is -0.451 e. The number of anilines is 2. The molecule has 0 aromatic heterocycles. The van der Waals surface area contributed by atoms with Crippen molar-refractivity contribution >= 4 is 23.2 Å². The average Bonchev–Trinajstić information content (AvgIpc) is 3.02. The van der Waals surface area contributed by atoms with Crippen molar-refractivity contribution in [2.45, 2.75) is 0 Å². The van der Waals surface area contributed by atoms with Crippen LogP contribution in [0.5, 0.6) is 23.0 Å². The molecule has 0 aliphatic heterocycles. The molecule has 0 saturated carbocycles. The first-order valence-corrected chi connectivity index (χ1v) is 12.6. The summed E-state index contributed by atoms with van der Waals surface area (Å²) in [5.74, 6) is -13.2. The number of hydrogen-bond acceptors (Lipinski definition) is 4. The molecule has 6 nitrogen and oxygen atoms in total. The Balaban J connectivity index is 1.27. The quantitative estimate of drug-likeness (QED) is 0.137. The first-order chi connectivity index (χ1) is 21.1. The standard InChI is InChI=1S/C32H18F6N2O4/c33-19-5-1-3-17(15-19)31(41)39-21-7-11-23(12-8-21)43-29-25(35)27(37)30(28(38)26(29)36)44-24-13-9-22(10-14-24)40-32(42)18-4-2-6-20(34)16-18/h1-16H,(H,39,41)(H,40,42). The topological polar surface area (TPSA) is 76.7 Å². The summed E-state index contributed by atoms with van der Waals surface area (Å²) in [7, 11) is 0. The van der Waals surface area contributed by atoms with Crippen LogP contribution in [0, 0.1) is 34.9 Å². The van der Waals surface area contributed by atoms with Crippen molar-refractivity contribution in [1.82, 2.24) is 0 Å². The van der Waals surface area contributed by atoms with Gasteiger partial charge in [-0.25, -0.2) is 8.78 Å². The highest BCUT2D eigenvalue weighted by Crippen LogP contribution is 2.39. The molecule has 0 aliphatic carbocycles. The van der Waals surface area contributed by atoms with Crippen molar-refractivity contribution in [3.63, 3.8) is 0 Å². The Kier molecular flexibility index (Phi) is 8.51. The van der Waals surface area contributed by atoms with E-state index in [1.807, 2.05) is 0 Å². The second kappa shape index (κ2) is 12.6. The zero-order valence-corrected chi connectivity index (χ0v) is 22.1. The van der Waals surface area contributed by atoms with Crippen LogP contribution in [0.2, 0.25) is 0 Å². The Bertz CT molecular complexity index is 1700. The summed E-state index contributed by atoms with van der Waals surface area (Å²) in [4.78, 5) is 24.5. The van der Waals surface area contributed by atoms with Gasteiger partial charge in [-0.3, -0.25) is 9.59 Å². The van der Waals surface area contributed by atoms with E-state index in [4.69, 9.17) is 9.47 Å². The third-order valence-corrected chi connectivity index (χ3v) is 6.02. The molecular formula is C32H18F6N2O4. The fourth-order valence-corrected chi connectivity index (χ4v) is 3.88. The van der Waals surface area contributed by atoms with Crippen molar-refractivity contribution < 1.29 is 45.4 Å². The van der Waals surface area contributed by atoms with Gasteiger partial charge >= 0.3 is 0 Å². The fraction of sp³-hybridized carbons (Fsp3) is 0. The van der Waals surface area contributed by atoms with Gasteiger partial charge in [0.2, 0.25) is 34.8 Å². The molecule has 2 amide bonds. The summed E-state index contributed by atoms with van der Waals surface area (Å²) in [6, 6.07) is 19.8. The number of benzene rings is 5. The SMILES string of the molecule is O=C(Nc1ccc(Oc2c(F)c(F)c(Oc3ccc(NC(=O)c4cccc(F)c4)cc3)c(F)c2F)cc1)c1cccc(F)c1. The average molecular weight is 608 g/mol. The highest BCUT2D eigenvalue weighted by Gasteiger charge is 2.29. The van der Waals surface area contributed by atoms with Crippen molar-refractivity contribution in [3.8, 4) is 23.0 Å². The van der Waals surface area contributed by atoms with Gasteiger partial charge in [-0.15, -0.1) is 0 Å². The minimum absolute atomic E-state index is 0.0475. The normalized spacial score (nSPS) is 10.7. The summed E-state index contributed by atoms with van der Waals surface area (Å²) in [6.45, 7) is 0. The Labute approximate surface area is 245 Å². The summed E-state index contributed by atoms with van der Waals surface area (Å²) in [5.41, 5.74) is 0.527. The van der Waals surface area contributed by atoms with Gasteiger partial charge < -0.3 is 20.1 Å². The molecule has 0 saturated heterocycles. The van der Waals surface area contributed by atoms with Crippen LogP contribution in [0.15, 0.2) is 97.1 Å². The van der Waals surface area contributed by atoms with Crippen molar-refractivity contribution in [3.05, 3.63) is 143 Å². The van der Waals surface area contributed by atoms with E-state index in [-0.39, 0.29) is 34.0 Å². The molecule has 0 atom stereocenters. The molecule has 0 spiro atoms. The molecule has 222 valence electrons. The monoisotopic (exact) mass is 608 g/mol. The molecule has 2 N–H and O–H groups in total. The number of halogens is 6. The molecule has 0 heterocycles. The summed E-state index contributed by atoms with van der Waals surface area (Å²) in [6.07, 6.45) is 0. The van der Waals surface area contributed by atoms with Gasteiger partial charge in [-0.2, -0.15) is 17.6 Å². The van der Waals surface area contributed by atoms with Crippen LogP contribution in [0.1, 0.15) is 20.7 Å².